The highest BCUT2D eigenvalue weighted by molar-refractivity contribution is 5.89. The fourth-order valence-electron chi connectivity index (χ4n) is 6.07. The maximum Gasteiger partial charge on any atom is 0.179 e. The van der Waals surface area contributed by atoms with Gasteiger partial charge in [-0.05, 0) is 36.3 Å². The van der Waals surface area contributed by atoms with Gasteiger partial charge >= 0.3 is 0 Å². The first-order chi connectivity index (χ1) is 11.6. The summed E-state index contributed by atoms with van der Waals surface area (Å²) >= 11 is 0. The van der Waals surface area contributed by atoms with Crippen molar-refractivity contribution in [1.29, 1.82) is 5.26 Å². The molecule has 2 aliphatic carbocycles. The van der Waals surface area contributed by atoms with Gasteiger partial charge in [-0.15, -0.1) is 0 Å². The van der Waals surface area contributed by atoms with E-state index in [1.165, 1.54) is 11.1 Å². The van der Waals surface area contributed by atoms with Crippen LogP contribution in [-0.2, 0) is 16.6 Å². The van der Waals surface area contributed by atoms with Crippen LogP contribution in [-0.4, -0.2) is 36.5 Å². The summed E-state index contributed by atoms with van der Waals surface area (Å²) in [4.78, 5) is 14.8. The SMILES string of the molecule is COc1ccc2c3c1O[C@H]1C(=O)C[C@@H](C)[C@H]4[C@@H](C2)N(C#N)CC[C@@]341. The second-order valence-corrected chi connectivity index (χ2v) is 7.66. The molecule has 1 aromatic rings. The molecule has 124 valence electrons. The van der Waals surface area contributed by atoms with Gasteiger partial charge in [0.1, 0.15) is 0 Å². The lowest BCUT2D eigenvalue weighted by Crippen LogP contribution is -2.67. The van der Waals surface area contributed by atoms with Crippen molar-refractivity contribution in [3.8, 4) is 17.7 Å². The molecule has 5 nitrogen and oxygen atoms in total. The topological polar surface area (TPSA) is 62.6 Å². The summed E-state index contributed by atoms with van der Waals surface area (Å²) in [5.41, 5.74) is 2.14. The van der Waals surface area contributed by atoms with Crippen molar-refractivity contribution in [2.45, 2.75) is 43.7 Å². The van der Waals surface area contributed by atoms with Gasteiger partial charge in [-0.25, -0.2) is 0 Å². The highest BCUT2D eigenvalue weighted by Crippen LogP contribution is 2.64. The summed E-state index contributed by atoms with van der Waals surface area (Å²) in [5, 5.41) is 9.60. The molecule has 1 spiro atoms. The van der Waals surface area contributed by atoms with Gasteiger partial charge in [0, 0.05) is 24.6 Å². The van der Waals surface area contributed by atoms with Crippen LogP contribution in [0.15, 0.2) is 12.1 Å². The molecule has 4 aliphatic rings. The normalized spacial score (nSPS) is 38.2. The molecule has 2 bridgehead atoms. The molecule has 1 saturated heterocycles. The molecule has 24 heavy (non-hydrogen) atoms. The van der Waals surface area contributed by atoms with Gasteiger partial charge in [0.05, 0.1) is 12.5 Å². The number of methoxy groups -OCH3 is 1. The number of piperidine rings is 1. The first-order valence-electron chi connectivity index (χ1n) is 8.68. The standard InChI is InChI=1S/C19H20N2O3/c1-10-7-13(22)18-19-5-6-21(9-20)12(15(10)19)8-11-3-4-14(23-2)17(24-18)16(11)19/h3-4,10,12,15,18H,5-8H2,1-2H3/t10-,12-,15+,18+,19+/m1/s1. The molecule has 2 aliphatic heterocycles. The van der Waals surface area contributed by atoms with Crippen molar-refractivity contribution in [3.63, 3.8) is 0 Å². The Bertz CT molecular complexity index is 799. The van der Waals surface area contributed by atoms with Crippen molar-refractivity contribution in [2.24, 2.45) is 11.8 Å². The number of Topliss-reactive ketones (excluding diaryl/α,β-unsaturated/α-hetero) is 1. The van der Waals surface area contributed by atoms with Gasteiger partial charge < -0.3 is 14.4 Å². The molecule has 0 N–H and O–H groups in total. The molecule has 2 heterocycles. The Morgan fingerprint density at radius 3 is 3.00 bits per heavy atom. The Balaban J connectivity index is 1.81. The number of hydrogen-bond acceptors (Lipinski definition) is 5. The van der Waals surface area contributed by atoms with Gasteiger partial charge in [0.2, 0.25) is 0 Å². The monoisotopic (exact) mass is 324 g/mol. The molecule has 1 aromatic carbocycles. The molecule has 0 aromatic heterocycles. The van der Waals surface area contributed by atoms with Crippen LogP contribution in [0.5, 0.6) is 11.5 Å². The zero-order valence-electron chi connectivity index (χ0n) is 13.9. The van der Waals surface area contributed by atoms with Gasteiger partial charge in [-0.3, -0.25) is 4.79 Å². The van der Waals surface area contributed by atoms with Crippen LogP contribution in [0, 0.1) is 23.3 Å². The molecule has 0 unspecified atom stereocenters. The average molecular weight is 324 g/mol. The van der Waals surface area contributed by atoms with Crippen LogP contribution in [0.1, 0.15) is 30.9 Å². The van der Waals surface area contributed by atoms with Crippen molar-refractivity contribution >= 4 is 5.78 Å². The summed E-state index contributed by atoms with van der Waals surface area (Å²) in [5.74, 6) is 2.25. The maximum atomic E-state index is 12.8. The summed E-state index contributed by atoms with van der Waals surface area (Å²) in [6.07, 6.45) is 4.17. The zero-order valence-corrected chi connectivity index (χ0v) is 13.9. The van der Waals surface area contributed by atoms with E-state index in [2.05, 4.69) is 19.2 Å². The Labute approximate surface area is 141 Å². The number of likely N-dealkylation sites (tertiary alicyclic amines) is 1. The van der Waals surface area contributed by atoms with Crippen LogP contribution in [0.3, 0.4) is 0 Å². The second-order valence-electron chi connectivity index (χ2n) is 7.66. The average Bonchev–Trinajstić information content (AvgIpc) is 2.91. The van der Waals surface area contributed by atoms with E-state index in [1.807, 2.05) is 11.0 Å². The van der Waals surface area contributed by atoms with E-state index in [0.29, 0.717) is 13.0 Å². The van der Waals surface area contributed by atoms with Crippen LogP contribution < -0.4 is 9.47 Å². The van der Waals surface area contributed by atoms with Gasteiger partial charge in [0.25, 0.3) is 0 Å². The van der Waals surface area contributed by atoms with E-state index in [1.54, 1.807) is 7.11 Å². The smallest absolute Gasteiger partial charge is 0.179 e. The summed E-state index contributed by atoms with van der Waals surface area (Å²) in [7, 11) is 1.65. The number of ketones is 1. The molecular weight excluding hydrogens is 304 g/mol. The third-order valence-electron chi connectivity index (χ3n) is 6.76. The minimum atomic E-state index is -0.410. The quantitative estimate of drug-likeness (QED) is 0.740. The first kappa shape index (κ1) is 14.2. The van der Waals surface area contributed by atoms with Crippen molar-refractivity contribution in [1.82, 2.24) is 4.90 Å². The number of carbonyl (C=O) groups is 1. The van der Waals surface area contributed by atoms with E-state index >= 15 is 0 Å². The molecule has 5 heteroatoms. The van der Waals surface area contributed by atoms with E-state index in [4.69, 9.17) is 9.47 Å². The summed E-state index contributed by atoms with van der Waals surface area (Å²) < 4.78 is 11.8. The minimum Gasteiger partial charge on any atom is -0.493 e. The second kappa shape index (κ2) is 4.44. The van der Waals surface area contributed by atoms with E-state index < -0.39 is 6.10 Å². The predicted octanol–water partition coefficient (Wildman–Crippen LogP) is 2.03. The molecule has 0 radical (unpaired) electrons. The predicted molar refractivity (Wildman–Crippen MR) is 85.8 cm³/mol. The van der Waals surface area contributed by atoms with E-state index in [0.717, 1.165) is 24.3 Å². The fourth-order valence-corrected chi connectivity index (χ4v) is 6.07. The van der Waals surface area contributed by atoms with Crippen LogP contribution >= 0.6 is 0 Å². The fraction of sp³-hybridized carbons (Fsp3) is 0.579. The minimum absolute atomic E-state index is 0.171. The Morgan fingerprint density at radius 2 is 2.25 bits per heavy atom. The summed E-state index contributed by atoms with van der Waals surface area (Å²) in [6.45, 7) is 2.87. The van der Waals surface area contributed by atoms with E-state index in [9.17, 15) is 10.1 Å². The molecule has 2 fully saturated rings. The largest absolute Gasteiger partial charge is 0.493 e. The molecule has 1 saturated carbocycles. The highest BCUT2D eigenvalue weighted by atomic mass is 16.5. The van der Waals surface area contributed by atoms with Gasteiger partial charge in [-0.1, -0.05) is 13.0 Å². The van der Waals surface area contributed by atoms with Crippen LogP contribution in [0.25, 0.3) is 0 Å². The number of carbonyl (C=O) groups excluding carboxylic acids is 1. The van der Waals surface area contributed by atoms with Gasteiger partial charge in [-0.2, -0.15) is 5.26 Å². The Hall–Kier alpha value is -2.22. The highest BCUT2D eigenvalue weighted by Gasteiger charge is 2.67. The van der Waals surface area contributed by atoms with Crippen LogP contribution in [0.2, 0.25) is 0 Å². The molecular formula is C19H20N2O3. The van der Waals surface area contributed by atoms with E-state index in [-0.39, 0.29) is 29.1 Å². The van der Waals surface area contributed by atoms with Crippen LogP contribution in [0.4, 0.5) is 0 Å². The number of rotatable bonds is 1. The molecule has 0 amide bonds. The first-order valence-corrected chi connectivity index (χ1v) is 8.68. The summed E-state index contributed by atoms with van der Waals surface area (Å²) in [6, 6.07) is 4.20. The lowest BCUT2D eigenvalue weighted by Gasteiger charge is -2.58. The number of nitriles is 1. The Morgan fingerprint density at radius 1 is 1.42 bits per heavy atom. The number of ether oxygens (including phenoxy) is 2. The third-order valence-corrected chi connectivity index (χ3v) is 6.76. The van der Waals surface area contributed by atoms with Crippen molar-refractivity contribution in [3.05, 3.63) is 23.3 Å². The van der Waals surface area contributed by atoms with Crippen molar-refractivity contribution in [2.75, 3.05) is 13.7 Å². The maximum absolute atomic E-state index is 12.8. The Kier molecular flexibility index (Phi) is 2.62. The lowest BCUT2D eigenvalue weighted by molar-refractivity contribution is -0.142. The zero-order chi connectivity index (χ0) is 16.6. The molecule has 5 rings (SSSR count). The van der Waals surface area contributed by atoms with Crippen molar-refractivity contribution < 1.29 is 14.3 Å². The molecule has 5 atom stereocenters. The third kappa shape index (κ3) is 1.39. The number of nitrogens with zero attached hydrogens (tertiary/aromatic N) is 2. The number of benzene rings is 1. The van der Waals surface area contributed by atoms with Gasteiger partial charge in [0.15, 0.2) is 29.6 Å². The lowest BCUT2D eigenvalue weighted by atomic mass is 9.49. The number of hydrogen-bond donors (Lipinski definition) is 0.